The van der Waals surface area contributed by atoms with Crippen molar-refractivity contribution in [1.82, 2.24) is 0 Å². The van der Waals surface area contributed by atoms with Crippen LogP contribution in [-0.2, 0) is 14.2 Å². The number of hydrogen-bond donors (Lipinski definition) is 9. The third-order valence-corrected chi connectivity index (χ3v) is 7.51. The van der Waals surface area contributed by atoms with Gasteiger partial charge in [0.25, 0.3) is 0 Å². The van der Waals surface area contributed by atoms with Gasteiger partial charge in [-0.15, -0.1) is 0 Å². The van der Waals surface area contributed by atoms with E-state index in [2.05, 4.69) is 0 Å². The van der Waals surface area contributed by atoms with Crippen molar-refractivity contribution in [3.8, 4) is 40.1 Å². The van der Waals surface area contributed by atoms with Gasteiger partial charge < -0.3 is 74.1 Å². The highest BCUT2D eigenvalue weighted by atomic mass is 16.7. The monoisotopic (exact) mass is 624 g/mol. The molecule has 44 heavy (non-hydrogen) atoms. The van der Waals surface area contributed by atoms with Gasteiger partial charge in [-0.3, -0.25) is 4.79 Å². The van der Waals surface area contributed by atoms with Crippen molar-refractivity contribution in [2.24, 2.45) is 0 Å². The van der Waals surface area contributed by atoms with Crippen LogP contribution in [0.1, 0.15) is 6.92 Å². The average molecular weight is 625 g/mol. The molecule has 16 heteroatoms. The van der Waals surface area contributed by atoms with E-state index in [1.54, 1.807) is 0 Å². The summed E-state index contributed by atoms with van der Waals surface area (Å²) in [5.41, 5.74) is -1.11. The normalized spacial score (nSPS) is 32.5. The van der Waals surface area contributed by atoms with E-state index in [0.717, 1.165) is 12.1 Å². The maximum atomic E-state index is 13.7. The molecule has 0 amide bonds. The second-order valence-electron chi connectivity index (χ2n) is 10.4. The molecule has 2 aliphatic heterocycles. The Kier molecular flexibility index (Phi) is 8.90. The average Bonchev–Trinajstić information content (AvgIpc) is 2.99. The van der Waals surface area contributed by atoms with E-state index < -0.39 is 96.1 Å². The Morgan fingerprint density at radius 2 is 1.55 bits per heavy atom. The third kappa shape index (κ3) is 5.63. The molecule has 2 aromatic carbocycles. The molecule has 5 rings (SSSR count). The fraction of sp³-hybridized carbons (Fsp3) is 0.464. The lowest BCUT2D eigenvalue weighted by Gasteiger charge is -2.45. The Morgan fingerprint density at radius 1 is 0.841 bits per heavy atom. The summed E-state index contributed by atoms with van der Waals surface area (Å²) in [5, 5.41) is 92.4. The highest BCUT2D eigenvalue weighted by molar-refractivity contribution is 5.88. The number of aliphatic hydroxyl groups is 6. The smallest absolute Gasteiger partial charge is 0.239 e. The maximum absolute atomic E-state index is 13.7. The van der Waals surface area contributed by atoms with Crippen molar-refractivity contribution in [2.45, 2.75) is 68.3 Å². The fourth-order valence-electron chi connectivity index (χ4n) is 5.10. The number of phenols is 3. The molecule has 3 heterocycles. The van der Waals surface area contributed by atoms with Crippen LogP contribution >= 0.6 is 0 Å². The first-order valence-electron chi connectivity index (χ1n) is 13.4. The zero-order valence-corrected chi connectivity index (χ0v) is 23.3. The van der Waals surface area contributed by atoms with E-state index in [4.69, 9.17) is 28.1 Å². The van der Waals surface area contributed by atoms with Gasteiger partial charge in [0.1, 0.15) is 65.2 Å². The lowest BCUT2D eigenvalue weighted by molar-refractivity contribution is -0.349. The van der Waals surface area contributed by atoms with Gasteiger partial charge in [0.2, 0.25) is 17.5 Å². The zero-order valence-electron chi connectivity index (χ0n) is 23.3. The standard InChI is InChI=1S/C28H32O16/c1-9-18(33)20(35)22(37)27(40-9)43-25-16(8-29)42-28(23(38)21(25)36)44-26-19(34)17-13(32)6-11(30)7-15(17)41-24(26)10-3-4-12(31)14(5-10)39-2/h3-7,9,16,18,20-23,25,27-33,35-38H,8H2,1-2H3/t9-,16-,18+,20-,21-,22-,23+,25-,27-,28+/m0/s1. The van der Waals surface area contributed by atoms with Crippen molar-refractivity contribution in [3.05, 3.63) is 40.6 Å². The van der Waals surface area contributed by atoms with Gasteiger partial charge in [0.15, 0.2) is 23.5 Å². The summed E-state index contributed by atoms with van der Waals surface area (Å²) in [6.07, 6.45) is -16.2. The predicted molar refractivity (Wildman–Crippen MR) is 145 cm³/mol. The molecule has 0 aliphatic carbocycles. The highest BCUT2D eigenvalue weighted by Gasteiger charge is 2.51. The van der Waals surface area contributed by atoms with Crippen LogP contribution in [0.15, 0.2) is 39.5 Å². The largest absolute Gasteiger partial charge is 0.508 e. The molecule has 0 unspecified atom stereocenters. The number of benzene rings is 2. The first kappa shape index (κ1) is 31.7. The molecule has 0 spiro atoms. The van der Waals surface area contributed by atoms with Crippen LogP contribution in [-0.4, -0.2) is 121 Å². The topological polar surface area (TPSA) is 258 Å². The van der Waals surface area contributed by atoms with Crippen LogP contribution in [0.3, 0.4) is 0 Å². The number of fused-ring (bicyclic) bond motifs is 1. The number of aliphatic hydroxyl groups excluding tert-OH is 6. The van der Waals surface area contributed by atoms with Crippen molar-refractivity contribution >= 4 is 11.0 Å². The van der Waals surface area contributed by atoms with Gasteiger partial charge in [-0.2, -0.15) is 0 Å². The number of aromatic hydroxyl groups is 3. The molecule has 1 aromatic heterocycles. The van der Waals surface area contributed by atoms with Crippen LogP contribution in [0.4, 0.5) is 0 Å². The van der Waals surface area contributed by atoms with Gasteiger partial charge in [-0.25, -0.2) is 0 Å². The highest BCUT2D eigenvalue weighted by Crippen LogP contribution is 2.40. The molecular weight excluding hydrogens is 592 g/mol. The molecule has 16 nitrogen and oxygen atoms in total. The Labute approximate surface area is 248 Å². The molecule has 2 aliphatic rings. The molecule has 0 radical (unpaired) electrons. The SMILES string of the molecule is COc1cc(-c2oc3cc(O)cc(O)c3c(=O)c2O[C@H]2O[C@@H](CO)[C@H](O[C@@H]3O[C@@H](C)[C@@H](O)[C@H](O)[C@@H]3O)[C@@H](O)[C@H]2O)ccc1O. The Bertz CT molecular complexity index is 1550. The first-order chi connectivity index (χ1) is 20.9. The summed E-state index contributed by atoms with van der Waals surface area (Å²) in [4.78, 5) is 13.7. The van der Waals surface area contributed by atoms with Crippen molar-refractivity contribution in [2.75, 3.05) is 13.7 Å². The summed E-state index contributed by atoms with van der Waals surface area (Å²) < 4.78 is 33.3. The molecular formula is C28H32O16. The Morgan fingerprint density at radius 3 is 2.23 bits per heavy atom. The fourth-order valence-corrected chi connectivity index (χ4v) is 5.10. The van der Waals surface area contributed by atoms with Crippen LogP contribution < -0.4 is 14.9 Å². The molecule has 0 bridgehead atoms. The molecule has 2 fully saturated rings. The van der Waals surface area contributed by atoms with Crippen LogP contribution in [0.25, 0.3) is 22.3 Å². The summed E-state index contributed by atoms with van der Waals surface area (Å²) >= 11 is 0. The Balaban J connectivity index is 1.51. The molecule has 240 valence electrons. The van der Waals surface area contributed by atoms with E-state index >= 15 is 0 Å². The van der Waals surface area contributed by atoms with Crippen LogP contribution in [0, 0.1) is 0 Å². The van der Waals surface area contributed by atoms with E-state index in [0.29, 0.717) is 0 Å². The van der Waals surface area contributed by atoms with E-state index in [1.165, 1.54) is 32.2 Å². The quantitative estimate of drug-likeness (QED) is 0.147. The molecule has 2 saturated heterocycles. The molecule has 3 aromatic rings. The molecule has 10 atom stereocenters. The van der Waals surface area contributed by atoms with E-state index in [-0.39, 0.29) is 28.4 Å². The minimum Gasteiger partial charge on any atom is -0.508 e. The minimum absolute atomic E-state index is 0.0151. The molecule has 9 N–H and O–H groups in total. The number of ether oxygens (including phenoxy) is 5. The lowest BCUT2D eigenvalue weighted by Crippen LogP contribution is -2.64. The summed E-state index contributed by atoms with van der Waals surface area (Å²) in [6, 6.07) is 5.83. The van der Waals surface area contributed by atoms with Gasteiger partial charge in [-0.1, -0.05) is 0 Å². The predicted octanol–water partition coefficient (Wildman–Crippen LogP) is -1.38. The lowest BCUT2D eigenvalue weighted by atomic mass is 9.97. The summed E-state index contributed by atoms with van der Waals surface area (Å²) in [7, 11) is 1.28. The minimum atomic E-state index is -1.97. The van der Waals surface area contributed by atoms with E-state index in [1.807, 2.05) is 0 Å². The molecule has 0 saturated carbocycles. The summed E-state index contributed by atoms with van der Waals surface area (Å²) in [6.45, 7) is 0.577. The van der Waals surface area contributed by atoms with E-state index in [9.17, 15) is 50.8 Å². The van der Waals surface area contributed by atoms with Crippen LogP contribution in [0.5, 0.6) is 28.7 Å². The number of hydrogen-bond acceptors (Lipinski definition) is 16. The number of rotatable bonds is 7. The van der Waals surface area contributed by atoms with Gasteiger partial charge in [0.05, 0.1) is 19.8 Å². The first-order valence-corrected chi connectivity index (χ1v) is 13.4. The second-order valence-corrected chi connectivity index (χ2v) is 10.4. The van der Waals surface area contributed by atoms with Crippen LogP contribution in [0.2, 0.25) is 0 Å². The number of phenolic OH excluding ortho intramolecular Hbond substituents is 3. The zero-order chi connectivity index (χ0) is 32.0. The second kappa shape index (κ2) is 12.4. The van der Waals surface area contributed by atoms with Crippen molar-refractivity contribution in [1.29, 1.82) is 0 Å². The third-order valence-electron chi connectivity index (χ3n) is 7.51. The van der Waals surface area contributed by atoms with Crippen molar-refractivity contribution < 1.29 is 74.1 Å². The van der Waals surface area contributed by atoms with Gasteiger partial charge in [0, 0.05) is 17.7 Å². The number of methoxy groups -OCH3 is 1. The maximum Gasteiger partial charge on any atom is 0.239 e. The van der Waals surface area contributed by atoms with Gasteiger partial charge >= 0.3 is 0 Å². The summed E-state index contributed by atoms with van der Waals surface area (Å²) in [5.74, 6) is -2.28. The Hall–Kier alpha value is -3.71. The van der Waals surface area contributed by atoms with Gasteiger partial charge in [-0.05, 0) is 25.1 Å². The van der Waals surface area contributed by atoms with Crippen molar-refractivity contribution in [3.63, 3.8) is 0 Å².